The van der Waals surface area contributed by atoms with Crippen molar-refractivity contribution < 1.29 is 4.74 Å². The zero-order chi connectivity index (χ0) is 9.52. The van der Waals surface area contributed by atoms with Crippen molar-refractivity contribution in [3.8, 4) is 5.75 Å². The zero-order valence-electron chi connectivity index (χ0n) is 7.63. The van der Waals surface area contributed by atoms with Gasteiger partial charge in [0, 0.05) is 11.6 Å². The Morgan fingerprint density at radius 3 is 3.00 bits per heavy atom. The molecule has 0 amide bonds. The van der Waals surface area contributed by atoms with E-state index in [-0.39, 0.29) is 0 Å². The smallest absolute Gasteiger partial charge is 0.119 e. The molecule has 0 aliphatic heterocycles. The molecule has 0 saturated carbocycles. The second-order valence-corrected chi connectivity index (χ2v) is 3.88. The Hall–Kier alpha value is -0.340. The van der Waals surface area contributed by atoms with Crippen LogP contribution in [0.25, 0.3) is 0 Å². The first-order chi connectivity index (χ1) is 6.36. The van der Waals surface area contributed by atoms with E-state index in [0.717, 1.165) is 23.7 Å². The van der Waals surface area contributed by atoms with Crippen molar-refractivity contribution in [1.82, 2.24) is 0 Å². The molecule has 0 unspecified atom stereocenters. The minimum absolute atomic E-state index is 0.541. The molecule has 3 heteroatoms. The first-order valence-electron chi connectivity index (χ1n) is 4.13. The summed E-state index contributed by atoms with van der Waals surface area (Å²) in [6.07, 6.45) is 2.07. The molecule has 1 rings (SSSR count). The fourth-order valence-electron chi connectivity index (χ4n) is 0.961. The van der Waals surface area contributed by atoms with E-state index >= 15 is 0 Å². The highest BCUT2D eigenvalue weighted by atomic mass is 35.5. The monoisotopic (exact) mass is 216 g/mol. The topological polar surface area (TPSA) is 9.23 Å². The van der Waals surface area contributed by atoms with Gasteiger partial charge in [0.15, 0.2) is 0 Å². The molecule has 0 spiro atoms. The summed E-state index contributed by atoms with van der Waals surface area (Å²) in [4.78, 5) is 0. The van der Waals surface area contributed by atoms with E-state index in [4.69, 9.17) is 16.3 Å². The van der Waals surface area contributed by atoms with Gasteiger partial charge in [-0.3, -0.25) is 0 Å². The van der Waals surface area contributed by atoms with Gasteiger partial charge >= 0.3 is 0 Å². The molecule has 1 aromatic carbocycles. The van der Waals surface area contributed by atoms with E-state index < -0.39 is 0 Å². The molecule has 0 N–H and O–H groups in total. The molecule has 0 aromatic heterocycles. The Morgan fingerprint density at radius 1 is 1.46 bits per heavy atom. The lowest BCUT2D eigenvalue weighted by Gasteiger charge is -2.05. The molecule has 1 aromatic rings. The molecule has 72 valence electrons. The molecule has 0 atom stereocenters. The lowest BCUT2D eigenvalue weighted by Crippen LogP contribution is -1.99. The quantitative estimate of drug-likeness (QED) is 0.553. The number of thioether (sulfide) groups is 1. The van der Waals surface area contributed by atoms with Gasteiger partial charge in [-0.1, -0.05) is 12.1 Å². The number of halogens is 1. The van der Waals surface area contributed by atoms with E-state index in [0.29, 0.717) is 5.88 Å². The highest BCUT2D eigenvalue weighted by molar-refractivity contribution is 7.98. The van der Waals surface area contributed by atoms with Gasteiger partial charge in [0.1, 0.15) is 5.75 Å². The molecule has 13 heavy (non-hydrogen) atoms. The maximum atomic E-state index is 5.70. The van der Waals surface area contributed by atoms with Crippen molar-refractivity contribution in [2.75, 3.05) is 18.6 Å². The van der Waals surface area contributed by atoms with Gasteiger partial charge in [-0.2, -0.15) is 11.8 Å². The lowest BCUT2D eigenvalue weighted by molar-refractivity contribution is 0.344. The highest BCUT2D eigenvalue weighted by Gasteiger charge is 1.94. The molecule has 0 aliphatic carbocycles. The van der Waals surface area contributed by atoms with E-state index in [1.165, 1.54) is 0 Å². The van der Waals surface area contributed by atoms with Crippen molar-refractivity contribution in [3.05, 3.63) is 29.8 Å². The van der Waals surface area contributed by atoms with E-state index in [2.05, 4.69) is 6.26 Å². The van der Waals surface area contributed by atoms with Crippen LogP contribution in [0, 0.1) is 0 Å². The summed E-state index contributed by atoms with van der Waals surface area (Å²) in [7, 11) is 0. The summed E-state index contributed by atoms with van der Waals surface area (Å²) in [5, 5.41) is 0. The molecule has 0 radical (unpaired) electrons. The fraction of sp³-hybridized carbons (Fsp3) is 0.400. The molecule has 0 heterocycles. The van der Waals surface area contributed by atoms with Gasteiger partial charge < -0.3 is 4.74 Å². The summed E-state index contributed by atoms with van der Waals surface area (Å²) >= 11 is 7.48. The molecule has 0 fully saturated rings. The Kier molecular flexibility index (Phi) is 5.09. The van der Waals surface area contributed by atoms with Crippen LogP contribution >= 0.6 is 23.4 Å². The van der Waals surface area contributed by atoms with Crippen LogP contribution < -0.4 is 4.74 Å². The van der Waals surface area contributed by atoms with Crippen LogP contribution in [0.3, 0.4) is 0 Å². The van der Waals surface area contributed by atoms with E-state index in [9.17, 15) is 0 Å². The highest BCUT2D eigenvalue weighted by Crippen LogP contribution is 2.14. The third-order valence-corrected chi connectivity index (χ3v) is 2.49. The van der Waals surface area contributed by atoms with Crippen molar-refractivity contribution in [2.24, 2.45) is 0 Å². The second-order valence-electron chi connectivity index (χ2n) is 2.62. The molecule has 0 saturated heterocycles. The Labute approximate surface area is 88.4 Å². The van der Waals surface area contributed by atoms with Gasteiger partial charge in [0.2, 0.25) is 0 Å². The van der Waals surface area contributed by atoms with Crippen LogP contribution in [-0.4, -0.2) is 18.6 Å². The summed E-state index contributed by atoms with van der Waals surface area (Å²) in [6, 6.07) is 7.89. The van der Waals surface area contributed by atoms with Gasteiger partial charge in [-0.05, 0) is 24.0 Å². The number of rotatable bonds is 5. The van der Waals surface area contributed by atoms with Crippen LogP contribution in [0.5, 0.6) is 5.75 Å². The van der Waals surface area contributed by atoms with Crippen molar-refractivity contribution in [1.29, 1.82) is 0 Å². The Morgan fingerprint density at radius 2 is 2.31 bits per heavy atom. The molecular formula is C10H13ClOS. The third kappa shape index (κ3) is 3.92. The first-order valence-corrected chi connectivity index (χ1v) is 6.06. The SMILES string of the molecule is CSCCOc1cccc(CCl)c1. The van der Waals surface area contributed by atoms with Crippen molar-refractivity contribution >= 4 is 23.4 Å². The molecule has 0 aliphatic rings. The van der Waals surface area contributed by atoms with Crippen LogP contribution in [0.15, 0.2) is 24.3 Å². The first kappa shape index (κ1) is 10.7. The molecule has 0 bridgehead atoms. The van der Waals surface area contributed by atoms with E-state index in [1.54, 1.807) is 11.8 Å². The van der Waals surface area contributed by atoms with Crippen LogP contribution in [0.4, 0.5) is 0 Å². The molecule has 1 nitrogen and oxygen atoms in total. The van der Waals surface area contributed by atoms with Crippen LogP contribution in [0.2, 0.25) is 0 Å². The van der Waals surface area contributed by atoms with E-state index in [1.807, 2.05) is 24.3 Å². The predicted octanol–water partition coefficient (Wildman–Crippen LogP) is 3.17. The standard InChI is InChI=1S/C10H13ClOS/c1-13-6-5-12-10-4-2-3-9(7-10)8-11/h2-4,7H,5-6,8H2,1H3. The zero-order valence-corrected chi connectivity index (χ0v) is 9.20. The van der Waals surface area contributed by atoms with Crippen molar-refractivity contribution in [3.63, 3.8) is 0 Å². The number of benzene rings is 1. The Balaban J connectivity index is 2.46. The van der Waals surface area contributed by atoms with Gasteiger partial charge in [0.25, 0.3) is 0 Å². The second kappa shape index (κ2) is 6.17. The van der Waals surface area contributed by atoms with Crippen LogP contribution in [0.1, 0.15) is 5.56 Å². The third-order valence-electron chi connectivity index (χ3n) is 1.61. The maximum Gasteiger partial charge on any atom is 0.119 e. The average Bonchev–Trinajstić information content (AvgIpc) is 2.19. The summed E-state index contributed by atoms with van der Waals surface area (Å²) in [5.41, 5.74) is 1.10. The fourth-order valence-corrected chi connectivity index (χ4v) is 1.38. The minimum atomic E-state index is 0.541. The van der Waals surface area contributed by atoms with Gasteiger partial charge in [-0.25, -0.2) is 0 Å². The summed E-state index contributed by atoms with van der Waals surface area (Å²) in [5.74, 6) is 2.47. The number of hydrogen-bond donors (Lipinski definition) is 0. The number of hydrogen-bond acceptors (Lipinski definition) is 2. The van der Waals surface area contributed by atoms with Gasteiger partial charge in [-0.15, -0.1) is 11.6 Å². The normalized spacial score (nSPS) is 10.0. The molecular weight excluding hydrogens is 204 g/mol. The number of alkyl halides is 1. The van der Waals surface area contributed by atoms with Crippen molar-refractivity contribution in [2.45, 2.75) is 5.88 Å². The van der Waals surface area contributed by atoms with Gasteiger partial charge in [0.05, 0.1) is 6.61 Å². The summed E-state index contributed by atoms with van der Waals surface area (Å²) < 4.78 is 5.51. The number of ether oxygens (including phenoxy) is 1. The predicted molar refractivity (Wildman–Crippen MR) is 59.9 cm³/mol. The largest absolute Gasteiger partial charge is 0.493 e. The minimum Gasteiger partial charge on any atom is -0.493 e. The van der Waals surface area contributed by atoms with Crippen LogP contribution in [-0.2, 0) is 5.88 Å². The average molecular weight is 217 g/mol. The Bertz CT molecular complexity index is 252. The summed E-state index contributed by atoms with van der Waals surface area (Å²) in [6.45, 7) is 0.757. The lowest BCUT2D eigenvalue weighted by atomic mass is 10.2. The maximum absolute atomic E-state index is 5.70.